The highest BCUT2D eigenvalue weighted by Gasteiger charge is 2.18. The summed E-state index contributed by atoms with van der Waals surface area (Å²) in [6.45, 7) is 7.37. The smallest absolute Gasteiger partial charge is 0.258 e. The zero-order valence-electron chi connectivity index (χ0n) is 21.5. The van der Waals surface area contributed by atoms with Crippen molar-refractivity contribution in [2.75, 3.05) is 55.8 Å². The van der Waals surface area contributed by atoms with Crippen molar-refractivity contribution in [1.29, 1.82) is 5.41 Å². The van der Waals surface area contributed by atoms with E-state index in [-0.39, 0.29) is 18.6 Å². The van der Waals surface area contributed by atoms with Crippen LogP contribution in [-0.4, -0.2) is 72.9 Å². The van der Waals surface area contributed by atoms with Crippen molar-refractivity contribution in [3.63, 3.8) is 0 Å². The van der Waals surface area contributed by atoms with Crippen LogP contribution < -0.4 is 26.0 Å². The van der Waals surface area contributed by atoms with E-state index in [1.165, 1.54) is 6.21 Å². The second kappa shape index (κ2) is 11.7. The number of anilines is 4. The molecule has 0 radical (unpaired) electrons. The van der Waals surface area contributed by atoms with Gasteiger partial charge in [-0.3, -0.25) is 4.79 Å². The molecule has 4 rings (SSSR count). The van der Waals surface area contributed by atoms with Crippen LogP contribution in [0.1, 0.15) is 19.4 Å². The number of nitrogens with zero attached hydrogens (tertiary/aromatic N) is 4. The number of benzene rings is 2. The number of rotatable bonds is 9. The maximum absolute atomic E-state index is 12.0. The number of hydrogen-bond acceptors (Lipinski definition) is 9. The first-order chi connectivity index (χ1) is 17.8. The van der Waals surface area contributed by atoms with Crippen LogP contribution in [0.5, 0.6) is 5.75 Å². The number of ether oxygens (including phenoxy) is 1. The molecule has 2 aromatic carbocycles. The first-order valence-corrected chi connectivity index (χ1v) is 12.3. The molecular formula is C27H34N8O2. The summed E-state index contributed by atoms with van der Waals surface area (Å²) in [5, 5.41) is 13.8. The van der Waals surface area contributed by atoms with Gasteiger partial charge in [0.25, 0.3) is 5.91 Å². The standard InChI is InChI=1S/C27H34N8O2/c1-18(2)30-26(36)17-37-22-6-4-5-19(14-22)27-32-24(31-21-7-8-23(29)20(13-21)16-28)15-25(33-27)35-11-9-34(3)10-12-35/h4-8,13-16,18,28H,9-12,17,29H2,1-3H3,(H,30,36)(H,31,32,33). The number of amides is 1. The Morgan fingerprint density at radius 2 is 1.92 bits per heavy atom. The van der Waals surface area contributed by atoms with E-state index in [0.29, 0.717) is 28.6 Å². The second-order valence-corrected chi connectivity index (χ2v) is 9.38. The number of nitrogen functional groups attached to an aromatic ring is 1. The van der Waals surface area contributed by atoms with Crippen molar-refractivity contribution in [2.24, 2.45) is 0 Å². The molecule has 0 atom stereocenters. The number of hydrogen-bond donors (Lipinski definition) is 4. The SMILES string of the molecule is CC(C)NC(=O)COc1cccc(-c2nc(Nc3ccc(N)c(C=N)c3)cc(N3CCN(C)CC3)n2)c1. The van der Waals surface area contributed by atoms with Crippen LogP contribution in [-0.2, 0) is 4.79 Å². The third kappa shape index (κ3) is 6.95. The Morgan fingerprint density at radius 3 is 2.65 bits per heavy atom. The molecule has 37 heavy (non-hydrogen) atoms. The van der Waals surface area contributed by atoms with Crippen LogP contribution in [0.4, 0.5) is 23.0 Å². The largest absolute Gasteiger partial charge is 0.484 e. The van der Waals surface area contributed by atoms with Gasteiger partial charge in [-0.15, -0.1) is 0 Å². The van der Waals surface area contributed by atoms with Crippen LogP contribution in [0.25, 0.3) is 11.4 Å². The molecule has 2 heterocycles. The minimum absolute atomic E-state index is 0.0511. The van der Waals surface area contributed by atoms with Gasteiger partial charge in [0.15, 0.2) is 12.4 Å². The van der Waals surface area contributed by atoms with Gasteiger partial charge in [-0.25, -0.2) is 9.97 Å². The minimum atomic E-state index is -0.173. The lowest BCUT2D eigenvalue weighted by Crippen LogP contribution is -2.44. The van der Waals surface area contributed by atoms with E-state index in [0.717, 1.165) is 43.2 Å². The number of carbonyl (C=O) groups excluding carboxylic acids is 1. The first-order valence-electron chi connectivity index (χ1n) is 12.3. The molecule has 1 aliphatic heterocycles. The summed E-state index contributed by atoms with van der Waals surface area (Å²) in [5.41, 5.74) is 8.68. The lowest BCUT2D eigenvalue weighted by atomic mass is 10.1. The predicted octanol–water partition coefficient (Wildman–Crippen LogP) is 3.12. The van der Waals surface area contributed by atoms with E-state index in [9.17, 15) is 4.79 Å². The van der Waals surface area contributed by atoms with E-state index >= 15 is 0 Å². The molecule has 1 aliphatic rings. The van der Waals surface area contributed by atoms with Crippen molar-refractivity contribution in [1.82, 2.24) is 20.2 Å². The molecule has 1 fully saturated rings. The Labute approximate surface area is 217 Å². The summed E-state index contributed by atoms with van der Waals surface area (Å²) < 4.78 is 5.72. The Kier molecular flexibility index (Phi) is 8.19. The van der Waals surface area contributed by atoms with Gasteiger partial charge in [0.05, 0.1) is 0 Å². The van der Waals surface area contributed by atoms with Gasteiger partial charge in [0, 0.05) is 67.0 Å². The monoisotopic (exact) mass is 502 g/mol. The molecule has 0 spiro atoms. The molecule has 5 N–H and O–H groups in total. The van der Waals surface area contributed by atoms with Gasteiger partial charge in [-0.05, 0) is 51.2 Å². The van der Waals surface area contributed by atoms with Gasteiger partial charge < -0.3 is 36.3 Å². The fourth-order valence-corrected chi connectivity index (χ4v) is 3.99. The third-order valence-corrected chi connectivity index (χ3v) is 5.97. The van der Waals surface area contributed by atoms with Gasteiger partial charge >= 0.3 is 0 Å². The second-order valence-electron chi connectivity index (χ2n) is 9.38. The van der Waals surface area contributed by atoms with Gasteiger partial charge in [-0.1, -0.05) is 12.1 Å². The number of nitrogens with one attached hydrogen (secondary N) is 3. The van der Waals surface area contributed by atoms with Crippen molar-refractivity contribution in [2.45, 2.75) is 19.9 Å². The van der Waals surface area contributed by atoms with E-state index in [4.69, 9.17) is 25.8 Å². The highest BCUT2D eigenvalue weighted by molar-refractivity contribution is 5.87. The van der Waals surface area contributed by atoms with E-state index in [2.05, 4.69) is 27.5 Å². The molecule has 0 bridgehead atoms. The average Bonchev–Trinajstić information content (AvgIpc) is 2.88. The van der Waals surface area contributed by atoms with Crippen LogP contribution in [0.3, 0.4) is 0 Å². The molecule has 10 heteroatoms. The van der Waals surface area contributed by atoms with Gasteiger partial charge in [0.1, 0.15) is 17.4 Å². The molecule has 0 aliphatic carbocycles. The molecule has 1 saturated heterocycles. The quantitative estimate of drug-likeness (QED) is 0.259. The Bertz CT molecular complexity index is 1250. The van der Waals surface area contributed by atoms with Crippen LogP contribution >= 0.6 is 0 Å². The number of carbonyl (C=O) groups is 1. The highest BCUT2D eigenvalue weighted by Crippen LogP contribution is 2.28. The van der Waals surface area contributed by atoms with Crippen molar-refractivity contribution in [3.8, 4) is 17.1 Å². The lowest BCUT2D eigenvalue weighted by Gasteiger charge is -2.33. The maximum Gasteiger partial charge on any atom is 0.258 e. The number of likely N-dealkylation sites (N-methyl/N-ethyl adjacent to an activating group) is 1. The molecule has 10 nitrogen and oxygen atoms in total. The zero-order chi connectivity index (χ0) is 26.4. The minimum Gasteiger partial charge on any atom is -0.484 e. The van der Waals surface area contributed by atoms with Crippen molar-refractivity contribution >= 4 is 35.1 Å². The van der Waals surface area contributed by atoms with E-state index in [1.807, 2.05) is 56.3 Å². The number of aromatic nitrogens is 2. The first kappa shape index (κ1) is 25.9. The normalized spacial score (nSPS) is 13.9. The molecule has 1 aromatic heterocycles. The van der Waals surface area contributed by atoms with Gasteiger partial charge in [0.2, 0.25) is 0 Å². The third-order valence-electron chi connectivity index (χ3n) is 5.97. The Hall–Kier alpha value is -4.18. The van der Waals surface area contributed by atoms with E-state index < -0.39 is 0 Å². The van der Waals surface area contributed by atoms with Crippen molar-refractivity contribution in [3.05, 3.63) is 54.1 Å². The van der Waals surface area contributed by atoms with Crippen LogP contribution in [0, 0.1) is 5.41 Å². The topological polar surface area (TPSA) is 132 Å². The molecule has 3 aromatic rings. The summed E-state index contributed by atoms with van der Waals surface area (Å²) >= 11 is 0. The summed E-state index contributed by atoms with van der Waals surface area (Å²) in [6.07, 6.45) is 1.23. The summed E-state index contributed by atoms with van der Waals surface area (Å²) in [4.78, 5) is 26.2. The fourth-order valence-electron chi connectivity index (χ4n) is 3.99. The average molecular weight is 503 g/mol. The lowest BCUT2D eigenvalue weighted by molar-refractivity contribution is -0.123. The van der Waals surface area contributed by atoms with Gasteiger partial charge in [-0.2, -0.15) is 0 Å². The molecule has 194 valence electrons. The maximum atomic E-state index is 12.0. The Morgan fingerprint density at radius 1 is 1.14 bits per heavy atom. The Balaban J connectivity index is 1.63. The van der Waals surface area contributed by atoms with Crippen LogP contribution in [0.2, 0.25) is 0 Å². The molecule has 0 saturated carbocycles. The highest BCUT2D eigenvalue weighted by atomic mass is 16.5. The van der Waals surface area contributed by atoms with Crippen molar-refractivity contribution < 1.29 is 9.53 Å². The summed E-state index contributed by atoms with van der Waals surface area (Å²) in [5.74, 6) is 2.38. The number of piperazine rings is 1. The molecular weight excluding hydrogens is 468 g/mol. The summed E-state index contributed by atoms with van der Waals surface area (Å²) in [6, 6.07) is 14.9. The number of nitrogens with two attached hydrogens (primary N) is 1. The fraction of sp³-hybridized carbons (Fsp3) is 0.333. The summed E-state index contributed by atoms with van der Waals surface area (Å²) in [7, 11) is 2.12. The molecule has 1 amide bonds. The van der Waals surface area contributed by atoms with Crippen LogP contribution in [0.15, 0.2) is 48.5 Å². The molecule has 0 unspecified atom stereocenters. The van der Waals surface area contributed by atoms with E-state index in [1.54, 1.807) is 6.07 Å². The predicted molar refractivity (Wildman–Crippen MR) is 148 cm³/mol. The zero-order valence-corrected chi connectivity index (χ0v) is 21.5.